The van der Waals surface area contributed by atoms with Gasteiger partial charge >= 0.3 is 0 Å². The van der Waals surface area contributed by atoms with Crippen molar-refractivity contribution in [3.05, 3.63) is 84.2 Å². The molecule has 0 atom stereocenters. The van der Waals surface area contributed by atoms with Crippen molar-refractivity contribution in [3.8, 4) is 16.9 Å². The van der Waals surface area contributed by atoms with E-state index in [1.165, 1.54) is 0 Å². The van der Waals surface area contributed by atoms with Gasteiger partial charge < -0.3 is 4.42 Å². The predicted molar refractivity (Wildman–Crippen MR) is 103 cm³/mol. The summed E-state index contributed by atoms with van der Waals surface area (Å²) in [7, 11) is 2.04. The van der Waals surface area contributed by atoms with Crippen molar-refractivity contribution in [3.63, 3.8) is 0 Å². The zero-order valence-corrected chi connectivity index (χ0v) is 15.4. The third kappa shape index (κ3) is 3.96. The average Bonchev–Trinajstić information content (AvgIpc) is 3.29. The van der Waals surface area contributed by atoms with E-state index in [9.17, 15) is 0 Å². The van der Waals surface area contributed by atoms with Crippen LogP contribution in [0, 0.1) is 6.92 Å². The highest BCUT2D eigenvalue weighted by atomic mass is 16.4. The van der Waals surface area contributed by atoms with Crippen molar-refractivity contribution < 1.29 is 4.42 Å². The summed E-state index contributed by atoms with van der Waals surface area (Å²) in [5, 5.41) is 12.8. The quantitative estimate of drug-likeness (QED) is 0.523. The molecule has 0 N–H and O–H groups in total. The van der Waals surface area contributed by atoms with Crippen LogP contribution in [0.5, 0.6) is 0 Å². The van der Waals surface area contributed by atoms with Crippen LogP contribution < -0.4 is 0 Å². The van der Waals surface area contributed by atoms with Crippen LogP contribution in [0.1, 0.15) is 17.3 Å². The second-order valence-electron chi connectivity index (χ2n) is 6.54. The van der Waals surface area contributed by atoms with E-state index >= 15 is 0 Å². The molecule has 4 rings (SSSR count). The smallest absolute Gasteiger partial charge is 0.230 e. The van der Waals surface area contributed by atoms with Crippen LogP contribution in [-0.2, 0) is 13.1 Å². The van der Waals surface area contributed by atoms with Gasteiger partial charge in [0.2, 0.25) is 11.8 Å². The molecular weight excluding hydrogens is 338 g/mol. The lowest BCUT2D eigenvalue weighted by Crippen LogP contribution is -2.17. The third-order valence-electron chi connectivity index (χ3n) is 4.27. The molecule has 27 heavy (non-hydrogen) atoms. The van der Waals surface area contributed by atoms with Gasteiger partial charge in [0.15, 0.2) is 0 Å². The molecule has 0 amide bonds. The maximum absolute atomic E-state index is 5.50. The lowest BCUT2D eigenvalue weighted by atomic mass is 10.1. The van der Waals surface area contributed by atoms with Crippen LogP contribution in [-0.4, -0.2) is 31.9 Å². The maximum Gasteiger partial charge on any atom is 0.230 e. The Hall–Kier alpha value is -3.25. The van der Waals surface area contributed by atoms with Gasteiger partial charge in [-0.1, -0.05) is 48.5 Å². The van der Waals surface area contributed by atoms with Gasteiger partial charge in [-0.15, -0.1) is 10.2 Å². The van der Waals surface area contributed by atoms with E-state index < -0.39 is 0 Å². The average molecular weight is 359 g/mol. The predicted octanol–water partition coefficient (Wildman–Crippen LogP) is 3.86. The van der Waals surface area contributed by atoms with Gasteiger partial charge in [0.05, 0.1) is 17.9 Å². The Morgan fingerprint density at radius 1 is 0.926 bits per heavy atom. The van der Waals surface area contributed by atoms with Crippen LogP contribution in [0.15, 0.2) is 71.3 Å². The van der Waals surface area contributed by atoms with E-state index in [1.54, 1.807) is 6.92 Å². The fraction of sp³-hybridized carbons (Fsp3) is 0.190. The summed E-state index contributed by atoms with van der Waals surface area (Å²) in [4.78, 5) is 2.14. The molecule has 0 saturated carbocycles. The van der Waals surface area contributed by atoms with Crippen LogP contribution in [0.2, 0.25) is 0 Å². The normalized spacial score (nSPS) is 11.2. The minimum Gasteiger partial charge on any atom is -0.424 e. The van der Waals surface area contributed by atoms with Crippen molar-refractivity contribution in [2.45, 2.75) is 20.0 Å². The second kappa shape index (κ2) is 7.55. The van der Waals surface area contributed by atoms with Gasteiger partial charge in [-0.25, -0.2) is 4.68 Å². The standard InChI is InChI=1S/C21H21N5O/c1-16-22-23-20(27-16)15-25(2)13-18-14-26(19-11-7-4-8-12-19)24-21(18)17-9-5-3-6-10-17/h3-12,14H,13,15H2,1-2H3. The Morgan fingerprint density at radius 3 is 2.30 bits per heavy atom. The minimum absolute atomic E-state index is 0.584. The van der Waals surface area contributed by atoms with E-state index in [0.29, 0.717) is 18.3 Å². The fourth-order valence-electron chi connectivity index (χ4n) is 3.06. The van der Waals surface area contributed by atoms with Gasteiger partial charge in [0.1, 0.15) is 0 Å². The first-order valence-electron chi connectivity index (χ1n) is 8.86. The largest absolute Gasteiger partial charge is 0.424 e. The monoisotopic (exact) mass is 359 g/mol. The zero-order valence-electron chi connectivity index (χ0n) is 15.4. The van der Waals surface area contributed by atoms with E-state index in [0.717, 1.165) is 29.1 Å². The van der Waals surface area contributed by atoms with Crippen LogP contribution >= 0.6 is 0 Å². The molecule has 0 radical (unpaired) electrons. The highest BCUT2D eigenvalue weighted by Gasteiger charge is 2.15. The molecule has 4 aromatic rings. The number of para-hydroxylation sites is 1. The van der Waals surface area contributed by atoms with Crippen molar-refractivity contribution in [2.75, 3.05) is 7.05 Å². The van der Waals surface area contributed by atoms with Crippen molar-refractivity contribution in [2.24, 2.45) is 0 Å². The number of benzene rings is 2. The molecule has 6 heteroatoms. The highest BCUT2D eigenvalue weighted by Crippen LogP contribution is 2.25. The lowest BCUT2D eigenvalue weighted by Gasteiger charge is -2.14. The molecule has 0 bridgehead atoms. The van der Waals surface area contributed by atoms with Gasteiger partial charge in [0.25, 0.3) is 0 Å². The maximum atomic E-state index is 5.50. The Balaban J connectivity index is 1.64. The summed E-state index contributed by atoms with van der Waals surface area (Å²) >= 11 is 0. The number of hydrogen-bond donors (Lipinski definition) is 0. The highest BCUT2D eigenvalue weighted by molar-refractivity contribution is 5.63. The molecule has 0 saturated heterocycles. The topological polar surface area (TPSA) is 60.0 Å². The van der Waals surface area contributed by atoms with Crippen molar-refractivity contribution in [1.82, 2.24) is 24.9 Å². The fourth-order valence-corrected chi connectivity index (χ4v) is 3.06. The summed E-state index contributed by atoms with van der Waals surface area (Å²) in [6.45, 7) is 3.11. The first kappa shape index (κ1) is 17.2. The third-order valence-corrected chi connectivity index (χ3v) is 4.27. The van der Waals surface area contributed by atoms with Gasteiger partial charge in [-0.05, 0) is 19.2 Å². The number of aryl methyl sites for hydroxylation is 1. The number of rotatable bonds is 6. The molecule has 0 spiro atoms. The molecule has 0 aliphatic rings. The van der Waals surface area contributed by atoms with E-state index in [4.69, 9.17) is 9.52 Å². The molecular formula is C21H21N5O. The molecule has 2 heterocycles. The van der Waals surface area contributed by atoms with Crippen LogP contribution in [0.3, 0.4) is 0 Å². The molecule has 136 valence electrons. The van der Waals surface area contributed by atoms with Crippen LogP contribution in [0.4, 0.5) is 0 Å². The summed E-state index contributed by atoms with van der Waals surface area (Å²) in [5.41, 5.74) is 4.26. The Labute approximate surface area is 158 Å². The van der Waals surface area contributed by atoms with Gasteiger partial charge in [0, 0.05) is 30.8 Å². The molecule has 0 aliphatic carbocycles. The molecule has 2 aromatic carbocycles. The summed E-state index contributed by atoms with van der Waals surface area (Å²) in [5.74, 6) is 1.20. The van der Waals surface area contributed by atoms with Crippen molar-refractivity contribution >= 4 is 0 Å². The Bertz CT molecular complexity index is 1010. The van der Waals surface area contributed by atoms with E-state index in [2.05, 4.69) is 45.6 Å². The second-order valence-corrected chi connectivity index (χ2v) is 6.54. The van der Waals surface area contributed by atoms with Crippen LogP contribution in [0.25, 0.3) is 16.9 Å². The number of hydrogen-bond acceptors (Lipinski definition) is 5. The van der Waals surface area contributed by atoms with E-state index in [1.807, 2.05) is 48.1 Å². The summed E-state index contributed by atoms with van der Waals surface area (Å²) in [6.07, 6.45) is 2.09. The molecule has 2 aromatic heterocycles. The van der Waals surface area contributed by atoms with Gasteiger partial charge in [-0.3, -0.25) is 4.90 Å². The number of nitrogens with zero attached hydrogens (tertiary/aromatic N) is 5. The lowest BCUT2D eigenvalue weighted by molar-refractivity contribution is 0.279. The minimum atomic E-state index is 0.584. The molecule has 0 fully saturated rings. The Kier molecular flexibility index (Phi) is 4.80. The molecule has 0 unspecified atom stereocenters. The first-order valence-corrected chi connectivity index (χ1v) is 8.86. The molecule has 0 aliphatic heterocycles. The molecule has 6 nitrogen and oxygen atoms in total. The zero-order chi connectivity index (χ0) is 18.6. The number of aromatic nitrogens is 4. The SMILES string of the molecule is Cc1nnc(CN(C)Cc2cn(-c3ccccc3)nc2-c2ccccc2)o1. The van der Waals surface area contributed by atoms with E-state index in [-0.39, 0.29) is 0 Å². The summed E-state index contributed by atoms with van der Waals surface area (Å²) in [6, 6.07) is 20.4. The van der Waals surface area contributed by atoms with Gasteiger partial charge in [-0.2, -0.15) is 5.10 Å². The first-order chi connectivity index (χ1) is 13.2. The van der Waals surface area contributed by atoms with Crippen molar-refractivity contribution in [1.29, 1.82) is 0 Å². The summed E-state index contributed by atoms with van der Waals surface area (Å²) < 4.78 is 7.43. The Morgan fingerprint density at radius 2 is 1.63 bits per heavy atom.